The summed E-state index contributed by atoms with van der Waals surface area (Å²) < 4.78 is 22.4. The Kier molecular flexibility index (Phi) is 9.85. The molecule has 0 aliphatic carbocycles. The molecule has 23 heteroatoms. The van der Waals surface area contributed by atoms with Gasteiger partial charge in [-0.05, 0) is 19.1 Å². The van der Waals surface area contributed by atoms with Crippen molar-refractivity contribution in [2.75, 3.05) is 31.4 Å². The number of amides is 1. The van der Waals surface area contributed by atoms with E-state index in [1.165, 1.54) is 11.0 Å². The Morgan fingerprint density at radius 2 is 1.44 bits per heavy atom. The number of aliphatic carboxylic acids is 4. The Morgan fingerprint density at radius 1 is 0.846 bits per heavy atom. The third-order valence-corrected chi connectivity index (χ3v) is 11.1. The van der Waals surface area contributed by atoms with Crippen molar-refractivity contribution in [3.8, 4) is 11.5 Å². The van der Waals surface area contributed by atoms with Crippen molar-refractivity contribution >= 4 is 99.1 Å². The Morgan fingerprint density at radius 3 is 2.06 bits per heavy atom. The van der Waals surface area contributed by atoms with E-state index in [4.69, 9.17) is 31.2 Å². The summed E-state index contributed by atoms with van der Waals surface area (Å²) in [4.78, 5) is 90.3. The molecule has 3 aromatic rings. The molecule has 1 saturated heterocycles. The molecule has 1 aromatic carbocycles. The van der Waals surface area contributed by atoms with E-state index in [-0.39, 0.29) is 42.6 Å². The van der Waals surface area contributed by atoms with Crippen LogP contribution in [0.25, 0.3) is 11.8 Å². The van der Waals surface area contributed by atoms with Gasteiger partial charge in [-0.1, -0.05) is 11.8 Å². The summed E-state index contributed by atoms with van der Waals surface area (Å²) >= 11 is 7.24. The van der Waals surface area contributed by atoms with Crippen molar-refractivity contribution in [1.82, 2.24) is 14.0 Å². The van der Waals surface area contributed by atoms with Gasteiger partial charge < -0.3 is 44.3 Å². The number of anilines is 1. The number of carboxylic acids is 4. The highest BCUT2D eigenvalue weighted by atomic mass is 32.2. The molecule has 19 nitrogen and oxygen atoms in total. The molecule has 0 spiro atoms. The highest BCUT2D eigenvalue weighted by molar-refractivity contribution is 8.03. The van der Waals surface area contributed by atoms with E-state index < -0.39 is 78.0 Å². The average molecular weight is 795 g/mol. The Balaban J connectivity index is 1.63. The minimum Gasteiger partial charge on any atom is -0.491 e. The first-order chi connectivity index (χ1) is 24.7. The van der Waals surface area contributed by atoms with Gasteiger partial charge in [0.25, 0.3) is 16.3 Å². The molecule has 1 fully saturated rings. The minimum atomic E-state index is -1.51. The smallest absolute Gasteiger partial charge is 0.323 e. The molecule has 1 amide bonds. The summed E-state index contributed by atoms with van der Waals surface area (Å²) in [7, 11) is 0. The van der Waals surface area contributed by atoms with Gasteiger partial charge >= 0.3 is 29.8 Å². The summed E-state index contributed by atoms with van der Waals surface area (Å²) in [5.74, 6) is -6.46. The number of hydrogen-bond acceptors (Lipinski definition) is 16. The van der Waals surface area contributed by atoms with Crippen molar-refractivity contribution in [3.05, 3.63) is 62.0 Å². The van der Waals surface area contributed by atoms with Gasteiger partial charge in [0.05, 0.1) is 16.8 Å². The van der Waals surface area contributed by atoms with Crippen molar-refractivity contribution < 1.29 is 63.3 Å². The predicted molar refractivity (Wildman–Crippen MR) is 182 cm³/mol. The topological polar surface area (TPSA) is 254 Å². The average Bonchev–Trinajstić information content (AvgIpc) is 3.86. The zero-order valence-electron chi connectivity index (χ0n) is 26.2. The van der Waals surface area contributed by atoms with E-state index in [9.17, 15) is 54.0 Å². The van der Waals surface area contributed by atoms with E-state index in [0.29, 0.717) is 54.2 Å². The van der Waals surface area contributed by atoms with Crippen LogP contribution in [0.2, 0.25) is 0 Å². The number of benzene rings is 1. The van der Waals surface area contributed by atoms with Crippen molar-refractivity contribution in [1.29, 1.82) is 0 Å². The molecule has 5 heterocycles. The van der Waals surface area contributed by atoms with Crippen molar-refractivity contribution in [2.24, 2.45) is 0 Å². The largest absolute Gasteiger partial charge is 0.491 e. The van der Waals surface area contributed by atoms with Crippen LogP contribution in [0.5, 0.6) is 11.5 Å². The Hall–Kier alpha value is -5.65. The number of thiocarbonyl (C=S) groups is 1. The number of carbonyl (C=O) groups is 5. The van der Waals surface area contributed by atoms with E-state index in [2.05, 4.69) is 0 Å². The lowest BCUT2D eigenvalue weighted by Crippen LogP contribution is -2.35. The lowest BCUT2D eigenvalue weighted by molar-refractivity contribution is -0.140. The van der Waals surface area contributed by atoms with Crippen molar-refractivity contribution in [3.63, 3.8) is 0 Å². The summed E-state index contributed by atoms with van der Waals surface area (Å²) in [6.45, 7) is -1.67. The number of fused-ring (bicyclic) bond motifs is 2. The fourth-order valence-corrected chi connectivity index (χ4v) is 8.85. The Bertz CT molecular complexity index is 2500. The fraction of sp³-hybridized carbons (Fsp3) is 0.241. The van der Waals surface area contributed by atoms with E-state index >= 15 is 0 Å². The van der Waals surface area contributed by atoms with Crippen LogP contribution in [-0.4, -0.2) is 95.9 Å². The molecule has 0 radical (unpaired) electrons. The summed E-state index contributed by atoms with van der Waals surface area (Å²) in [5, 5.41) is 37.9. The second-order valence-corrected chi connectivity index (χ2v) is 14.0. The van der Waals surface area contributed by atoms with Crippen LogP contribution < -0.4 is 34.7 Å². The maximum absolute atomic E-state index is 13.8. The van der Waals surface area contributed by atoms with E-state index in [1.54, 1.807) is 19.1 Å². The number of ether oxygens (including phenoxy) is 4. The van der Waals surface area contributed by atoms with Gasteiger partial charge in [-0.15, -0.1) is 22.7 Å². The minimum absolute atomic E-state index is 0.0157. The lowest BCUT2D eigenvalue weighted by atomic mass is 10.2. The van der Waals surface area contributed by atoms with Crippen LogP contribution in [0.4, 0.5) is 5.69 Å². The van der Waals surface area contributed by atoms with Crippen LogP contribution in [0.3, 0.4) is 0 Å². The SMILES string of the molecule is CCOC(C=c1s/c(=c2/s/c(=C3/OC(=S)N(CC(=O)O)C3=O)n(CC(=O)O)c2=O)n(CC(=O)O)c1=O)=C1Sc2cc3c(cc2N1CC(=O)O)OCO3. The zero-order valence-corrected chi connectivity index (χ0v) is 29.4. The van der Waals surface area contributed by atoms with Gasteiger partial charge in [-0.3, -0.25) is 47.6 Å². The number of carboxylic acid groups (broad SMARTS) is 4. The van der Waals surface area contributed by atoms with Gasteiger partial charge in [0.1, 0.15) is 45.1 Å². The number of thioether (sulfide) groups is 1. The lowest BCUT2D eigenvalue weighted by Gasteiger charge is -2.20. The first kappa shape index (κ1) is 36.2. The number of aromatic nitrogens is 2. The standard InChI is InChI=1S/C29H22N4O15S4/c1-2-45-14(26-30(6-17(34)35)11-3-12-13(47-10-46-12)4-15(11)50-26)5-16-23(42)31(7-18(36)37)28(51-16)22-25(44)32(8-19(38)39)27(52-22)21-24(43)33(9-20(40)41)29(49)48-21/h3-5H,2,6-10H2,1H3,(H,34,35)(H,36,37)(H,38,39)(H,40,41)/b16-5?,26-14?,27-21+,28-22+. The molecule has 272 valence electrons. The molecular formula is C29H22N4O15S4. The molecule has 0 saturated carbocycles. The predicted octanol–water partition coefficient (Wildman–Crippen LogP) is -0.663. The molecule has 2 aromatic heterocycles. The van der Waals surface area contributed by atoms with Gasteiger partial charge in [0, 0.05) is 23.1 Å². The van der Waals surface area contributed by atoms with Crippen LogP contribution in [-0.2, 0) is 46.5 Å². The molecular weight excluding hydrogens is 773 g/mol. The summed E-state index contributed by atoms with van der Waals surface area (Å²) in [6.07, 6.45) is 1.27. The molecule has 52 heavy (non-hydrogen) atoms. The van der Waals surface area contributed by atoms with Gasteiger partial charge in [0.15, 0.2) is 17.3 Å². The number of hydrogen-bond donors (Lipinski definition) is 4. The maximum Gasteiger partial charge on any atom is 0.323 e. The molecule has 0 unspecified atom stereocenters. The Labute approximate surface area is 305 Å². The third-order valence-electron chi connectivity index (χ3n) is 7.17. The van der Waals surface area contributed by atoms with Gasteiger partial charge in [-0.25, -0.2) is 0 Å². The first-order valence-corrected chi connectivity index (χ1v) is 17.4. The molecule has 4 N–H and O–H groups in total. The monoisotopic (exact) mass is 794 g/mol. The van der Waals surface area contributed by atoms with Gasteiger partial charge in [0.2, 0.25) is 12.6 Å². The molecule has 3 aliphatic rings. The summed E-state index contributed by atoms with van der Waals surface area (Å²) in [6, 6.07) is 3.27. The molecule has 0 bridgehead atoms. The fourth-order valence-electron chi connectivity index (χ4n) is 5.15. The summed E-state index contributed by atoms with van der Waals surface area (Å²) in [5.41, 5.74) is -1.46. The third kappa shape index (κ3) is 6.72. The quantitative estimate of drug-likeness (QED) is 0.139. The first-order valence-electron chi connectivity index (χ1n) is 14.5. The van der Waals surface area contributed by atoms with Crippen LogP contribution in [0.15, 0.2) is 37.4 Å². The van der Waals surface area contributed by atoms with E-state index in [0.717, 1.165) is 16.3 Å². The molecule has 0 atom stereocenters. The number of allylic oxidation sites excluding steroid dienone is 1. The van der Waals surface area contributed by atoms with Crippen molar-refractivity contribution in [2.45, 2.75) is 24.9 Å². The number of nitrogens with zero attached hydrogens (tertiary/aromatic N) is 4. The molecule has 3 aliphatic heterocycles. The van der Waals surface area contributed by atoms with Crippen LogP contribution in [0, 0.1) is 9.20 Å². The zero-order chi connectivity index (χ0) is 37.6. The van der Waals surface area contributed by atoms with E-state index in [1.807, 2.05) is 0 Å². The second-order valence-electron chi connectivity index (χ2n) is 10.6. The second kappa shape index (κ2) is 14.2. The highest BCUT2D eigenvalue weighted by Gasteiger charge is 2.37. The van der Waals surface area contributed by atoms with Gasteiger partial charge in [-0.2, -0.15) is 0 Å². The highest BCUT2D eigenvalue weighted by Crippen LogP contribution is 2.52. The number of rotatable bonds is 11. The number of thiazole rings is 2. The normalized spacial score (nSPS) is 17.8. The maximum atomic E-state index is 13.8. The number of carbonyl (C=O) groups excluding carboxylic acids is 1. The molecule has 6 rings (SSSR count). The van der Waals surface area contributed by atoms with Crippen LogP contribution in [0.1, 0.15) is 6.92 Å². The van der Waals surface area contributed by atoms with Crippen LogP contribution >= 0.6 is 46.7 Å².